The summed E-state index contributed by atoms with van der Waals surface area (Å²) < 4.78 is 5.46. The minimum atomic E-state index is -0.251. The molecule has 1 aliphatic rings. The summed E-state index contributed by atoms with van der Waals surface area (Å²) in [6.45, 7) is 5.05. The first-order valence-corrected chi connectivity index (χ1v) is 6.54. The van der Waals surface area contributed by atoms with Gasteiger partial charge in [0.15, 0.2) is 0 Å². The molecule has 0 saturated carbocycles. The van der Waals surface area contributed by atoms with Crippen LogP contribution in [0.4, 0.5) is 0 Å². The van der Waals surface area contributed by atoms with Crippen LogP contribution in [-0.2, 0) is 9.53 Å². The number of unbranched alkanes of at least 4 members (excludes halogenated alkanes) is 3. The molecule has 0 aromatic rings. The third-order valence-corrected chi connectivity index (χ3v) is 2.96. The van der Waals surface area contributed by atoms with Crippen molar-refractivity contribution in [3.8, 4) is 0 Å². The fourth-order valence-electron chi connectivity index (χ4n) is 1.86. The van der Waals surface area contributed by atoms with Crippen LogP contribution in [0.1, 0.15) is 46.0 Å². The Kier molecular flexibility index (Phi) is 5.87. The van der Waals surface area contributed by atoms with Crippen molar-refractivity contribution in [3.05, 3.63) is 12.4 Å². The number of nitrogens with zero attached hydrogens (tertiary/aromatic N) is 2. The van der Waals surface area contributed by atoms with Gasteiger partial charge < -0.3 is 14.5 Å². The standard InChI is InChI=1S/C13H24N2O2/c1-4-6-7-8-9-12(16)17-13-14(3)10-11-15(13)5-2/h10-11,13H,4-9H2,1-3H3. The van der Waals surface area contributed by atoms with Crippen LogP contribution in [0, 0.1) is 0 Å². The molecule has 0 amide bonds. The molecule has 4 heteroatoms. The third-order valence-electron chi connectivity index (χ3n) is 2.96. The molecule has 0 radical (unpaired) electrons. The number of carbonyl (C=O) groups is 1. The van der Waals surface area contributed by atoms with Crippen LogP contribution in [0.25, 0.3) is 0 Å². The molecule has 0 aliphatic carbocycles. The molecule has 0 bridgehead atoms. The van der Waals surface area contributed by atoms with Crippen molar-refractivity contribution in [2.45, 2.75) is 52.3 Å². The number of rotatable bonds is 7. The molecule has 17 heavy (non-hydrogen) atoms. The van der Waals surface area contributed by atoms with E-state index in [1.807, 2.05) is 36.2 Å². The molecule has 0 aromatic carbocycles. The summed E-state index contributed by atoms with van der Waals surface area (Å²) in [7, 11) is 1.92. The Labute approximate surface area is 104 Å². The first-order valence-electron chi connectivity index (χ1n) is 6.54. The lowest BCUT2D eigenvalue weighted by Gasteiger charge is -2.28. The summed E-state index contributed by atoms with van der Waals surface area (Å²) >= 11 is 0. The van der Waals surface area contributed by atoms with Gasteiger partial charge in [0, 0.05) is 32.4 Å². The number of esters is 1. The molecule has 0 fully saturated rings. The normalized spacial score (nSPS) is 18.9. The Morgan fingerprint density at radius 3 is 2.65 bits per heavy atom. The molecule has 98 valence electrons. The summed E-state index contributed by atoms with van der Waals surface area (Å²) in [5, 5.41) is 0. The molecule has 1 unspecified atom stereocenters. The van der Waals surface area contributed by atoms with Crippen molar-refractivity contribution in [1.82, 2.24) is 9.80 Å². The van der Waals surface area contributed by atoms with Crippen molar-refractivity contribution in [2.75, 3.05) is 13.6 Å². The molecule has 1 atom stereocenters. The quantitative estimate of drug-likeness (QED) is 0.505. The molecule has 0 saturated heterocycles. The van der Waals surface area contributed by atoms with Gasteiger partial charge >= 0.3 is 5.97 Å². The monoisotopic (exact) mass is 240 g/mol. The largest absolute Gasteiger partial charge is 0.422 e. The van der Waals surface area contributed by atoms with Crippen LogP contribution in [0.5, 0.6) is 0 Å². The van der Waals surface area contributed by atoms with E-state index in [0.29, 0.717) is 6.42 Å². The highest BCUT2D eigenvalue weighted by atomic mass is 16.6. The summed E-state index contributed by atoms with van der Waals surface area (Å²) in [6, 6.07) is 0. The highest BCUT2D eigenvalue weighted by Crippen LogP contribution is 2.15. The molecule has 1 aliphatic heterocycles. The second-order valence-electron chi connectivity index (χ2n) is 4.42. The van der Waals surface area contributed by atoms with Crippen LogP contribution in [-0.4, -0.2) is 35.7 Å². The number of hydrogen-bond donors (Lipinski definition) is 0. The van der Waals surface area contributed by atoms with E-state index in [-0.39, 0.29) is 12.3 Å². The van der Waals surface area contributed by atoms with Crippen LogP contribution in [0.3, 0.4) is 0 Å². The van der Waals surface area contributed by atoms with Crippen LogP contribution in [0.2, 0.25) is 0 Å². The smallest absolute Gasteiger partial charge is 0.309 e. The lowest BCUT2D eigenvalue weighted by atomic mass is 10.2. The van der Waals surface area contributed by atoms with Gasteiger partial charge in [0.25, 0.3) is 6.35 Å². The SMILES string of the molecule is CCCCCCC(=O)OC1N(C)C=CN1CC. The first kappa shape index (κ1) is 13.9. The summed E-state index contributed by atoms with van der Waals surface area (Å²) in [6.07, 6.45) is 8.59. The Morgan fingerprint density at radius 1 is 1.24 bits per heavy atom. The lowest BCUT2D eigenvalue weighted by molar-refractivity contribution is -0.166. The molecule has 4 nitrogen and oxygen atoms in total. The minimum Gasteiger partial charge on any atom is -0.422 e. The third kappa shape index (κ3) is 4.29. The van der Waals surface area contributed by atoms with E-state index >= 15 is 0 Å². The topological polar surface area (TPSA) is 32.8 Å². The Morgan fingerprint density at radius 2 is 2.00 bits per heavy atom. The van der Waals surface area contributed by atoms with Gasteiger partial charge in [-0.3, -0.25) is 4.79 Å². The molecule has 1 heterocycles. The summed E-state index contributed by atoms with van der Waals surface area (Å²) in [4.78, 5) is 15.6. The maximum Gasteiger partial charge on any atom is 0.309 e. The zero-order valence-corrected chi connectivity index (χ0v) is 11.2. The van der Waals surface area contributed by atoms with Crippen molar-refractivity contribution in [2.24, 2.45) is 0 Å². The zero-order chi connectivity index (χ0) is 12.7. The van der Waals surface area contributed by atoms with E-state index in [9.17, 15) is 4.79 Å². The van der Waals surface area contributed by atoms with Gasteiger partial charge in [-0.05, 0) is 13.3 Å². The maximum absolute atomic E-state index is 11.7. The highest BCUT2D eigenvalue weighted by Gasteiger charge is 2.25. The van der Waals surface area contributed by atoms with Crippen molar-refractivity contribution < 1.29 is 9.53 Å². The average molecular weight is 240 g/mol. The molecule has 0 spiro atoms. The number of hydrogen-bond acceptors (Lipinski definition) is 4. The molecule has 1 rings (SSSR count). The van der Waals surface area contributed by atoms with E-state index in [0.717, 1.165) is 19.4 Å². The zero-order valence-electron chi connectivity index (χ0n) is 11.2. The Bertz CT molecular complexity index is 266. The fourth-order valence-corrected chi connectivity index (χ4v) is 1.86. The van der Waals surface area contributed by atoms with Crippen molar-refractivity contribution in [1.29, 1.82) is 0 Å². The average Bonchev–Trinajstić information content (AvgIpc) is 2.66. The van der Waals surface area contributed by atoms with Gasteiger partial charge in [0.2, 0.25) is 0 Å². The van der Waals surface area contributed by atoms with Crippen molar-refractivity contribution in [3.63, 3.8) is 0 Å². The Hall–Kier alpha value is -1.19. The van der Waals surface area contributed by atoms with E-state index in [4.69, 9.17) is 4.74 Å². The van der Waals surface area contributed by atoms with E-state index in [1.165, 1.54) is 12.8 Å². The van der Waals surface area contributed by atoms with Gasteiger partial charge in [-0.2, -0.15) is 0 Å². The van der Waals surface area contributed by atoms with Crippen LogP contribution in [0.15, 0.2) is 12.4 Å². The predicted molar refractivity (Wildman–Crippen MR) is 67.9 cm³/mol. The van der Waals surface area contributed by atoms with Crippen LogP contribution < -0.4 is 0 Å². The fraction of sp³-hybridized carbons (Fsp3) is 0.769. The maximum atomic E-state index is 11.7. The molecule has 0 N–H and O–H groups in total. The van der Waals surface area contributed by atoms with Gasteiger partial charge in [-0.25, -0.2) is 0 Å². The first-order chi connectivity index (χ1) is 8.19. The second-order valence-corrected chi connectivity index (χ2v) is 4.42. The summed E-state index contributed by atoms with van der Waals surface area (Å²) in [5.74, 6) is -0.0971. The molecular formula is C13H24N2O2. The van der Waals surface area contributed by atoms with Gasteiger partial charge in [-0.15, -0.1) is 0 Å². The van der Waals surface area contributed by atoms with Crippen molar-refractivity contribution >= 4 is 5.97 Å². The second kappa shape index (κ2) is 7.20. The van der Waals surface area contributed by atoms with E-state index < -0.39 is 0 Å². The number of ether oxygens (including phenoxy) is 1. The van der Waals surface area contributed by atoms with E-state index in [2.05, 4.69) is 6.92 Å². The predicted octanol–water partition coefficient (Wildman–Crippen LogP) is 2.52. The van der Waals surface area contributed by atoms with Gasteiger partial charge in [-0.1, -0.05) is 26.2 Å². The molecule has 0 aromatic heterocycles. The minimum absolute atomic E-state index is 0.0971. The van der Waals surface area contributed by atoms with Gasteiger partial charge in [0.1, 0.15) is 0 Å². The number of carbonyl (C=O) groups excluding carboxylic acids is 1. The highest BCUT2D eigenvalue weighted by molar-refractivity contribution is 5.69. The lowest BCUT2D eigenvalue weighted by Crippen LogP contribution is -2.40. The summed E-state index contributed by atoms with van der Waals surface area (Å²) in [5.41, 5.74) is 0. The van der Waals surface area contributed by atoms with Gasteiger partial charge in [0.05, 0.1) is 0 Å². The van der Waals surface area contributed by atoms with E-state index in [1.54, 1.807) is 0 Å². The molecular weight excluding hydrogens is 216 g/mol. The van der Waals surface area contributed by atoms with Crippen LogP contribution >= 0.6 is 0 Å². The Balaban J connectivity index is 2.25.